The second-order valence-electron chi connectivity index (χ2n) is 4.04. The SMILES string of the molecule is CCC(CC)(CNCCn1cccn1)SC. The minimum Gasteiger partial charge on any atom is -0.314 e. The summed E-state index contributed by atoms with van der Waals surface area (Å²) in [6.45, 7) is 7.57. The maximum Gasteiger partial charge on any atom is 0.0533 e. The molecule has 0 aliphatic rings. The van der Waals surface area contributed by atoms with E-state index >= 15 is 0 Å². The highest BCUT2D eigenvalue weighted by Crippen LogP contribution is 2.29. The molecule has 0 fully saturated rings. The van der Waals surface area contributed by atoms with Crippen molar-refractivity contribution in [3.63, 3.8) is 0 Å². The Kier molecular flexibility index (Phi) is 5.91. The highest BCUT2D eigenvalue weighted by molar-refractivity contribution is 8.00. The van der Waals surface area contributed by atoms with Crippen LogP contribution in [0.15, 0.2) is 18.5 Å². The van der Waals surface area contributed by atoms with Crippen molar-refractivity contribution >= 4 is 11.8 Å². The van der Waals surface area contributed by atoms with E-state index in [1.165, 1.54) is 12.8 Å². The lowest BCUT2D eigenvalue weighted by Gasteiger charge is -2.30. The van der Waals surface area contributed by atoms with Gasteiger partial charge in [-0.2, -0.15) is 16.9 Å². The lowest BCUT2D eigenvalue weighted by molar-refractivity contribution is 0.473. The van der Waals surface area contributed by atoms with Crippen LogP contribution >= 0.6 is 11.8 Å². The Morgan fingerprint density at radius 3 is 2.62 bits per heavy atom. The van der Waals surface area contributed by atoms with Crippen LogP contribution in [-0.4, -0.2) is 33.9 Å². The van der Waals surface area contributed by atoms with Gasteiger partial charge in [-0.25, -0.2) is 0 Å². The van der Waals surface area contributed by atoms with Gasteiger partial charge < -0.3 is 5.32 Å². The first-order valence-electron chi connectivity index (χ1n) is 5.99. The molecule has 0 saturated heterocycles. The van der Waals surface area contributed by atoms with Crippen molar-refractivity contribution in [2.75, 3.05) is 19.3 Å². The van der Waals surface area contributed by atoms with Gasteiger partial charge in [-0.15, -0.1) is 0 Å². The van der Waals surface area contributed by atoms with Crippen LogP contribution in [0.2, 0.25) is 0 Å². The van der Waals surface area contributed by atoms with Crippen LogP contribution in [0.4, 0.5) is 0 Å². The van der Waals surface area contributed by atoms with Gasteiger partial charge in [0.05, 0.1) is 6.54 Å². The molecule has 0 aliphatic heterocycles. The molecule has 0 bridgehead atoms. The third-order valence-electron chi connectivity index (χ3n) is 3.25. The summed E-state index contributed by atoms with van der Waals surface area (Å²) < 4.78 is 2.37. The first-order valence-corrected chi connectivity index (χ1v) is 7.22. The number of hydrogen-bond acceptors (Lipinski definition) is 3. The molecule has 1 rings (SSSR count). The van der Waals surface area contributed by atoms with Crippen molar-refractivity contribution in [1.82, 2.24) is 15.1 Å². The minimum atomic E-state index is 0.407. The van der Waals surface area contributed by atoms with Crippen molar-refractivity contribution in [3.8, 4) is 0 Å². The highest BCUT2D eigenvalue weighted by atomic mass is 32.2. The number of nitrogens with one attached hydrogen (secondary N) is 1. The zero-order valence-electron chi connectivity index (χ0n) is 10.6. The van der Waals surface area contributed by atoms with Crippen LogP contribution < -0.4 is 5.32 Å². The van der Waals surface area contributed by atoms with E-state index in [0.717, 1.165) is 19.6 Å². The third kappa shape index (κ3) is 3.83. The van der Waals surface area contributed by atoms with Gasteiger partial charge in [0.15, 0.2) is 0 Å². The normalized spacial score (nSPS) is 11.9. The average molecular weight is 241 g/mol. The third-order valence-corrected chi connectivity index (χ3v) is 4.83. The summed E-state index contributed by atoms with van der Waals surface area (Å²) in [7, 11) is 0. The summed E-state index contributed by atoms with van der Waals surface area (Å²) in [5.41, 5.74) is 0. The van der Waals surface area contributed by atoms with E-state index < -0.39 is 0 Å². The molecule has 0 aromatic carbocycles. The van der Waals surface area contributed by atoms with Gasteiger partial charge in [-0.05, 0) is 25.2 Å². The van der Waals surface area contributed by atoms with Gasteiger partial charge in [0, 0.05) is 30.2 Å². The zero-order valence-corrected chi connectivity index (χ0v) is 11.4. The molecular formula is C12H23N3S. The van der Waals surface area contributed by atoms with Crippen LogP contribution in [0.3, 0.4) is 0 Å². The smallest absolute Gasteiger partial charge is 0.0533 e. The van der Waals surface area contributed by atoms with Crippen LogP contribution in [0.5, 0.6) is 0 Å². The van der Waals surface area contributed by atoms with Gasteiger partial charge in [0.25, 0.3) is 0 Å². The summed E-state index contributed by atoms with van der Waals surface area (Å²) >= 11 is 1.98. The maximum absolute atomic E-state index is 4.18. The molecule has 92 valence electrons. The molecule has 3 nitrogen and oxygen atoms in total. The largest absolute Gasteiger partial charge is 0.314 e. The number of hydrogen-bond donors (Lipinski definition) is 1. The van der Waals surface area contributed by atoms with Gasteiger partial charge in [0.1, 0.15) is 0 Å². The molecule has 0 radical (unpaired) electrons. The zero-order chi connectivity index (χ0) is 11.9. The van der Waals surface area contributed by atoms with Gasteiger partial charge in [-0.3, -0.25) is 4.68 Å². The van der Waals surface area contributed by atoms with Gasteiger partial charge in [0.2, 0.25) is 0 Å². The number of nitrogens with zero attached hydrogens (tertiary/aromatic N) is 2. The molecule has 1 aromatic heterocycles. The molecule has 0 aliphatic carbocycles. The van der Waals surface area contributed by atoms with E-state index in [4.69, 9.17) is 0 Å². The Bertz CT molecular complexity index is 260. The second kappa shape index (κ2) is 6.97. The van der Waals surface area contributed by atoms with Crippen molar-refractivity contribution in [3.05, 3.63) is 18.5 Å². The quantitative estimate of drug-likeness (QED) is 0.709. The van der Waals surface area contributed by atoms with Crippen LogP contribution in [0.1, 0.15) is 26.7 Å². The van der Waals surface area contributed by atoms with Crippen molar-refractivity contribution in [2.24, 2.45) is 0 Å². The Labute approximate surface area is 103 Å². The van der Waals surface area contributed by atoms with Crippen LogP contribution in [0.25, 0.3) is 0 Å². The monoisotopic (exact) mass is 241 g/mol. The number of thioether (sulfide) groups is 1. The van der Waals surface area contributed by atoms with Crippen molar-refractivity contribution in [2.45, 2.75) is 38.0 Å². The van der Waals surface area contributed by atoms with E-state index in [1.54, 1.807) is 0 Å². The molecule has 0 atom stereocenters. The predicted molar refractivity (Wildman–Crippen MR) is 71.9 cm³/mol. The maximum atomic E-state index is 4.18. The molecule has 0 amide bonds. The lowest BCUT2D eigenvalue weighted by atomic mass is 10.0. The predicted octanol–water partition coefficient (Wildman–Crippen LogP) is 2.39. The fraction of sp³-hybridized carbons (Fsp3) is 0.750. The summed E-state index contributed by atoms with van der Waals surface area (Å²) in [6, 6.07) is 1.96. The molecule has 4 heteroatoms. The highest BCUT2D eigenvalue weighted by Gasteiger charge is 2.23. The second-order valence-corrected chi connectivity index (χ2v) is 5.31. The first kappa shape index (κ1) is 13.6. The standard InChI is InChI=1S/C12H23N3S/c1-4-12(5-2,16-3)11-13-8-10-15-9-6-7-14-15/h6-7,9,13H,4-5,8,10-11H2,1-3H3. The summed E-state index contributed by atoms with van der Waals surface area (Å²) in [6.07, 6.45) is 8.48. The molecule has 1 aromatic rings. The van der Waals surface area contributed by atoms with Crippen molar-refractivity contribution in [1.29, 1.82) is 0 Å². The minimum absolute atomic E-state index is 0.407. The summed E-state index contributed by atoms with van der Waals surface area (Å²) in [5, 5.41) is 7.72. The Morgan fingerprint density at radius 2 is 2.12 bits per heavy atom. The van der Waals surface area contributed by atoms with E-state index in [-0.39, 0.29) is 0 Å². The fourth-order valence-electron chi connectivity index (χ4n) is 1.80. The molecule has 1 heterocycles. The lowest BCUT2D eigenvalue weighted by Crippen LogP contribution is -2.37. The average Bonchev–Trinajstić information content (AvgIpc) is 2.83. The van der Waals surface area contributed by atoms with E-state index in [0.29, 0.717) is 4.75 Å². The number of rotatable bonds is 8. The Balaban J connectivity index is 2.23. The van der Waals surface area contributed by atoms with Gasteiger partial charge >= 0.3 is 0 Å². The topological polar surface area (TPSA) is 29.9 Å². The van der Waals surface area contributed by atoms with E-state index in [9.17, 15) is 0 Å². The van der Waals surface area contributed by atoms with E-state index in [2.05, 4.69) is 30.5 Å². The summed E-state index contributed by atoms with van der Waals surface area (Å²) in [5.74, 6) is 0. The molecule has 0 saturated carbocycles. The Hall–Kier alpha value is -0.480. The molecule has 0 unspecified atom stereocenters. The van der Waals surface area contributed by atoms with Crippen LogP contribution in [-0.2, 0) is 6.54 Å². The molecular weight excluding hydrogens is 218 g/mol. The Morgan fingerprint density at radius 1 is 1.38 bits per heavy atom. The fourth-order valence-corrected chi connectivity index (χ4v) is 2.63. The van der Waals surface area contributed by atoms with Crippen LogP contribution in [0, 0.1) is 0 Å². The molecule has 0 spiro atoms. The molecule has 16 heavy (non-hydrogen) atoms. The van der Waals surface area contributed by atoms with E-state index in [1.807, 2.05) is 34.9 Å². The van der Waals surface area contributed by atoms with Gasteiger partial charge in [-0.1, -0.05) is 13.8 Å². The molecule has 1 N–H and O–H groups in total. The summed E-state index contributed by atoms with van der Waals surface area (Å²) in [4.78, 5) is 0. The first-order chi connectivity index (χ1) is 7.76. The van der Waals surface area contributed by atoms with Crippen molar-refractivity contribution < 1.29 is 0 Å². The number of aromatic nitrogens is 2.